The van der Waals surface area contributed by atoms with Crippen LogP contribution in [0.3, 0.4) is 0 Å². The molecule has 1 aliphatic rings. The van der Waals surface area contributed by atoms with Crippen LogP contribution >= 0.6 is 11.6 Å². The Kier molecular flexibility index (Phi) is 5.54. The number of hydrogen-bond acceptors (Lipinski definition) is 4. The number of aryl methyl sites for hydroxylation is 1. The number of aromatic nitrogens is 2. The average molecular weight is 402 g/mol. The molecule has 7 nitrogen and oxygen atoms in total. The van der Waals surface area contributed by atoms with E-state index in [9.17, 15) is 4.79 Å². The maximum Gasteiger partial charge on any atom is 0.315 e. The molecule has 4 heterocycles. The first kappa shape index (κ1) is 18.8. The molecule has 0 spiro atoms. The van der Waals surface area contributed by atoms with Crippen LogP contribution in [0, 0.1) is 6.92 Å². The standard InChI is InChI=1S/C20H24ClN5O2/c1-14-4-6-18(28-14)17(25-8-2-3-9-25)11-23-20(27)22-10-16-13-26-12-15(21)5-7-19(26)24-16/h4-7,12-13,17H,2-3,8-11H2,1H3,(H2,22,23,27). The average Bonchev–Trinajstić information content (AvgIpc) is 3.41. The van der Waals surface area contributed by atoms with Crippen LogP contribution < -0.4 is 10.6 Å². The number of carbonyl (C=O) groups excluding carboxylic acids is 1. The van der Waals surface area contributed by atoms with E-state index < -0.39 is 0 Å². The van der Waals surface area contributed by atoms with Gasteiger partial charge in [0.05, 0.1) is 23.3 Å². The molecule has 0 radical (unpaired) electrons. The molecular formula is C20H24ClN5O2. The first-order chi connectivity index (χ1) is 13.6. The predicted octanol–water partition coefficient (Wildman–Crippen LogP) is 3.53. The van der Waals surface area contributed by atoms with E-state index >= 15 is 0 Å². The molecule has 1 unspecified atom stereocenters. The number of hydrogen-bond donors (Lipinski definition) is 2. The van der Waals surface area contributed by atoms with E-state index in [0.717, 1.165) is 36.0 Å². The van der Waals surface area contributed by atoms with Gasteiger partial charge >= 0.3 is 6.03 Å². The number of pyridine rings is 1. The van der Waals surface area contributed by atoms with Crippen LogP contribution in [0.5, 0.6) is 0 Å². The van der Waals surface area contributed by atoms with E-state index in [2.05, 4.69) is 20.5 Å². The van der Waals surface area contributed by atoms with E-state index in [4.69, 9.17) is 16.0 Å². The van der Waals surface area contributed by atoms with Crippen molar-refractivity contribution in [1.29, 1.82) is 0 Å². The van der Waals surface area contributed by atoms with Crippen LogP contribution in [0.1, 0.15) is 36.1 Å². The van der Waals surface area contributed by atoms with Gasteiger partial charge in [-0.15, -0.1) is 0 Å². The largest absolute Gasteiger partial charge is 0.465 e. The lowest BCUT2D eigenvalue weighted by Crippen LogP contribution is -2.41. The van der Waals surface area contributed by atoms with Crippen molar-refractivity contribution in [3.05, 3.63) is 58.9 Å². The van der Waals surface area contributed by atoms with Gasteiger partial charge in [0.15, 0.2) is 0 Å². The Balaban J connectivity index is 1.34. The number of fused-ring (bicyclic) bond motifs is 1. The van der Waals surface area contributed by atoms with Crippen molar-refractivity contribution < 1.29 is 9.21 Å². The molecule has 0 aliphatic carbocycles. The summed E-state index contributed by atoms with van der Waals surface area (Å²) in [5, 5.41) is 6.48. The summed E-state index contributed by atoms with van der Waals surface area (Å²) >= 11 is 5.99. The smallest absolute Gasteiger partial charge is 0.315 e. The van der Waals surface area contributed by atoms with Crippen LogP contribution in [-0.4, -0.2) is 39.9 Å². The third kappa shape index (κ3) is 4.31. The van der Waals surface area contributed by atoms with Gasteiger partial charge in [0, 0.05) is 18.9 Å². The minimum Gasteiger partial charge on any atom is -0.465 e. The van der Waals surface area contributed by atoms with Crippen molar-refractivity contribution in [3.63, 3.8) is 0 Å². The summed E-state index contributed by atoms with van der Waals surface area (Å²) in [6.45, 7) is 4.83. The van der Waals surface area contributed by atoms with Crippen LogP contribution in [-0.2, 0) is 6.54 Å². The van der Waals surface area contributed by atoms with Gasteiger partial charge in [-0.3, -0.25) is 4.90 Å². The maximum atomic E-state index is 12.3. The minimum atomic E-state index is -0.220. The lowest BCUT2D eigenvalue weighted by Gasteiger charge is -2.26. The van der Waals surface area contributed by atoms with Crippen LogP contribution in [0.25, 0.3) is 5.65 Å². The monoisotopic (exact) mass is 401 g/mol. The van der Waals surface area contributed by atoms with Gasteiger partial charge in [-0.25, -0.2) is 9.78 Å². The molecule has 0 aromatic carbocycles. The first-order valence-corrected chi connectivity index (χ1v) is 9.91. The normalized spacial score (nSPS) is 15.8. The van der Waals surface area contributed by atoms with Gasteiger partial charge in [-0.2, -0.15) is 0 Å². The topological polar surface area (TPSA) is 74.8 Å². The lowest BCUT2D eigenvalue weighted by atomic mass is 10.2. The summed E-state index contributed by atoms with van der Waals surface area (Å²) in [5.74, 6) is 1.78. The molecule has 0 bridgehead atoms. The number of imidazole rings is 1. The Hall–Kier alpha value is -2.51. The van der Waals surface area contributed by atoms with Crippen LogP contribution in [0.2, 0.25) is 5.02 Å². The van der Waals surface area contributed by atoms with Gasteiger partial charge in [0.25, 0.3) is 0 Å². The van der Waals surface area contributed by atoms with Crippen molar-refractivity contribution in [2.75, 3.05) is 19.6 Å². The number of urea groups is 1. The Morgan fingerprint density at radius 3 is 2.79 bits per heavy atom. The molecule has 2 amide bonds. The molecule has 0 saturated carbocycles. The number of nitrogens with one attached hydrogen (secondary N) is 2. The molecule has 2 N–H and O–H groups in total. The number of furan rings is 1. The second kappa shape index (κ2) is 8.24. The highest BCUT2D eigenvalue weighted by Gasteiger charge is 2.26. The second-order valence-corrected chi connectivity index (χ2v) is 7.55. The molecule has 1 fully saturated rings. The van der Waals surface area contributed by atoms with Crippen LogP contribution in [0.15, 0.2) is 41.1 Å². The number of rotatable bonds is 6. The van der Waals surface area contributed by atoms with Gasteiger partial charge in [-0.05, 0) is 57.1 Å². The molecule has 1 aliphatic heterocycles. The van der Waals surface area contributed by atoms with Gasteiger partial charge < -0.3 is 19.5 Å². The zero-order valence-corrected chi connectivity index (χ0v) is 16.6. The van der Waals surface area contributed by atoms with Crippen molar-refractivity contribution in [2.45, 2.75) is 32.4 Å². The molecule has 8 heteroatoms. The highest BCUT2D eigenvalue weighted by Crippen LogP contribution is 2.26. The molecular weight excluding hydrogens is 378 g/mol. The molecule has 1 saturated heterocycles. The zero-order chi connectivity index (χ0) is 19.5. The first-order valence-electron chi connectivity index (χ1n) is 9.54. The number of amides is 2. The lowest BCUT2D eigenvalue weighted by molar-refractivity contribution is 0.202. The third-order valence-corrected chi connectivity index (χ3v) is 5.25. The SMILES string of the molecule is Cc1ccc(C(CNC(=O)NCc2cn3cc(Cl)ccc3n2)N2CCCC2)o1. The van der Waals surface area contributed by atoms with E-state index in [0.29, 0.717) is 18.1 Å². The van der Waals surface area contributed by atoms with E-state index in [1.807, 2.05) is 35.7 Å². The summed E-state index contributed by atoms with van der Waals surface area (Å²) in [5.41, 5.74) is 1.57. The van der Waals surface area contributed by atoms with Crippen molar-refractivity contribution in [3.8, 4) is 0 Å². The fourth-order valence-electron chi connectivity index (χ4n) is 3.62. The Labute approximate surface area is 168 Å². The quantitative estimate of drug-likeness (QED) is 0.662. The second-order valence-electron chi connectivity index (χ2n) is 7.12. The molecule has 28 heavy (non-hydrogen) atoms. The Morgan fingerprint density at radius 1 is 1.21 bits per heavy atom. The van der Waals surface area contributed by atoms with Gasteiger partial charge in [0.2, 0.25) is 0 Å². The third-order valence-electron chi connectivity index (χ3n) is 5.02. The Morgan fingerprint density at radius 2 is 2.04 bits per heavy atom. The van der Waals surface area contributed by atoms with E-state index in [1.165, 1.54) is 12.8 Å². The highest BCUT2D eigenvalue weighted by atomic mass is 35.5. The predicted molar refractivity (Wildman–Crippen MR) is 107 cm³/mol. The Bertz CT molecular complexity index is 961. The number of likely N-dealkylation sites (tertiary alicyclic amines) is 1. The minimum absolute atomic E-state index is 0.0549. The van der Waals surface area contributed by atoms with E-state index in [1.54, 1.807) is 12.3 Å². The molecule has 1 atom stereocenters. The molecule has 3 aromatic rings. The summed E-state index contributed by atoms with van der Waals surface area (Å²) in [7, 11) is 0. The summed E-state index contributed by atoms with van der Waals surface area (Å²) < 4.78 is 7.67. The molecule has 148 valence electrons. The fourth-order valence-corrected chi connectivity index (χ4v) is 3.79. The van der Waals surface area contributed by atoms with E-state index in [-0.39, 0.29) is 12.1 Å². The maximum absolute atomic E-state index is 12.3. The van der Waals surface area contributed by atoms with Crippen molar-refractivity contribution >= 4 is 23.3 Å². The van der Waals surface area contributed by atoms with Crippen LogP contribution in [0.4, 0.5) is 4.79 Å². The zero-order valence-electron chi connectivity index (χ0n) is 15.8. The van der Waals surface area contributed by atoms with Gasteiger partial charge in [0.1, 0.15) is 17.2 Å². The number of halogens is 1. The van der Waals surface area contributed by atoms with Crippen molar-refractivity contribution in [2.24, 2.45) is 0 Å². The number of carbonyl (C=O) groups is 1. The molecule has 4 rings (SSSR count). The summed E-state index contributed by atoms with van der Waals surface area (Å²) in [6.07, 6.45) is 6.01. The summed E-state index contributed by atoms with van der Waals surface area (Å²) in [6, 6.07) is 7.44. The summed E-state index contributed by atoms with van der Waals surface area (Å²) in [4.78, 5) is 19.2. The number of nitrogens with zero attached hydrogens (tertiary/aromatic N) is 3. The highest BCUT2D eigenvalue weighted by molar-refractivity contribution is 6.30. The van der Waals surface area contributed by atoms with Crippen molar-refractivity contribution in [1.82, 2.24) is 24.9 Å². The molecule has 3 aromatic heterocycles. The van der Waals surface area contributed by atoms with Gasteiger partial charge in [-0.1, -0.05) is 11.6 Å². The fraction of sp³-hybridized carbons (Fsp3) is 0.400.